The molecule has 0 saturated heterocycles. The SMILES string of the molecule is CC=CC(=O)Nc1ccccc1Sc1ccc(C(=O)c2ccccc2)cc1. The molecule has 1 amide bonds. The number of rotatable bonds is 6. The van der Waals surface area contributed by atoms with E-state index in [-0.39, 0.29) is 11.7 Å². The molecular weight excluding hydrogens is 354 g/mol. The minimum Gasteiger partial charge on any atom is -0.321 e. The lowest BCUT2D eigenvalue weighted by molar-refractivity contribution is -0.111. The molecule has 3 aromatic carbocycles. The van der Waals surface area contributed by atoms with E-state index in [1.807, 2.05) is 78.9 Å². The zero-order valence-electron chi connectivity index (χ0n) is 14.9. The van der Waals surface area contributed by atoms with Gasteiger partial charge in [-0.15, -0.1) is 0 Å². The highest BCUT2D eigenvalue weighted by molar-refractivity contribution is 7.99. The van der Waals surface area contributed by atoms with E-state index >= 15 is 0 Å². The third-order valence-corrected chi connectivity index (χ3v) is 4.93. The molecule has 3 rings (SSSR count). The van der Waals surface area contributed by atoms with E-state index < -0.39 is 0 Å². The molecule has 0 aliphatic carbocycles. The van der Waals surface area contributed by atoms with Gasteiger partial charge in [0.05, 0.1) is 5.69 Å². The van der Waals surface area contributed by atoms with Crippen LogP contribution in [0.5, 0.6) is 0 Å². The Labute approximate surface area is 163 Å². The lowest BCUT2D eigenvalue weighted by atomic mass is 10.0. The molecule has 1 N–H and O–H groups in total. The molecule has 4 heteroatoms. The third-order valence-electron chi connectivity index (χ3n) is 3.84. The van der Waals surface area contributed by atoms with Crippen molar-refractivity contribution in [2.75, 3.05) is 5.32 Å². The number of amides is 1. The number of benzene rings is 3. The molecule has 3 aromatic rings. The van der Waals surface area contributed by atoms with Gasteiger partial charge in [0.1, 0.15) is 0 Å². The number of para-hydroxylation sites is 1. The van der Waals surface area contributed by atoms with Crippen molar-refractivity contribution in [2.24, 2.45) is 0 Å². The Hall–Kier alpha value is -3.11. The van der Waals surface area contributed by atoms with Crippen molar-refractivity contribution >= 4 is 29.1 Å². The summed E-state index contributed by atoms with van der Waals surface area (Å²) < 4.78 is 0. The molecule has 0 spiro atoms. The molecule has 0 atom stereocenters. The van der Waals surface area contributed by atoms with Crippen LogP contribution < -0.4 is 5.32 Å². The summed E-state index contributed by atoms with van der Waals surface area (Å²) >= 11 is 1.54. The first kappa shape index (κ1) is 18.7. The zero-order valence-corrected chi connectivity index (χ0v) is 15.7. The lowest BCUT2D eigenvalue weighted by Crippen LogP contribution is -2.08. The average molecular weight is 373 g/mol. The van der Waals surface area contributed by atoms with Crippen molar-refractivity contribution in [3.63, 3.8) is 0 Å². The van der Waals surface area contributed by atoms with Gasteiger partial charge in [-0.3, -0.25) is 9.59 Å². The molecule has 0 heterocycles. The van der Waals surface area contributed by atoms with Gasteiger partial charge < -0.3 is 5.32 Å². The van der Waals surface area contributed by atoms with Crippen molar-refractivity contribution in [3.8, 4) is 0 Å². The van der Waals surface area contributed by atoms with Gasteiger partial charge in [-0.05, 0) is 49.4 Å². The van der Waals surface area contributed by atoms with E-state index in [0.29, 0.717) is 11.1 Å². The van der Waals surface area contributed by atoms with Gasteiger partial charge in [-0.2, -0.15) is 0 Å². The van der Waals surface area contributed by atoms with E-state index in [1.165, 1.54) is 6.08 Å². The largest absolute Gasteiger partial charge is 0.321 e. The summed E-state index contributed by atoms with van der Waals surface area (Å²) in [5.41, 5.74) is 2.09. The molecule has 0 aliphatic heterocycles. The van der Waals surface area contributed by atoms with Crippen molar-refractivity contribution in [3.05, 3.63) is 102 Å². The van der Waals surface area contributed by atoms with Crippen LogP contribution in [0, 0.1) is 0 Å². The number of carbonyl (C=O) groups excluding carboxylic acids is 2. The minimum atomic E-state index is -0.158. The first-order chi connectivity index (χ1) is 13.2. The Morgan fingerprint density at radius 2 is 1.44 bits per heavy atom. The lowest BCUT2D eigenvalue weighted by Gasteiger charge is -2.10. The molecule has 0 radical (unpaired) electrons. The van der Waals surface area contributed by atoms with E-state index in [1.54, 1.807) is 24.8 Å². The second kappa shape index (κ2) is 9.01. The van der Waals surface area contributed by atoms with Crippen LogP contribution in [-0.4, -0.2) is 11.7 Å². The highest BCUT2D eigenvalue weighted by atomic mass is 32.2. The summed E-state index contributed by atoms with van der Waals surface area (Å²) in [7, 11) is 0. The highest BCUT2D eigenvalue weighted by Gasteiger charge is 2.10. The van der Waals surface area contributed by atoms with Crippen LogP contribution in [0.2, 0.25) is 0 Å². The summed E-state index contributed by atoms with van der Waals surface area (Å²) in [5.74, 6) is -0.152. The summed E-state index contributed by atoms with van der Waals surface area (Å²) in [4.78, 5) is 26.3. The molecule has 0 bridgehead atoms. The maximum Gasteiger partial charge on any atom is 0.248 e. The number of allylic oxidation sites excluding steroid dienone is 1. The fourth-order valence-corrected chi connectivity index (χ4v) is 3.44. The summed E-state index contributed by atoms with van der Waals surface area (Å²) in [6.45, 7) is 1.80. The fraction of sp³-hybridized carbons (Fsp3) is 0.0435. The number of anilines is 1. The standard InChI is InChI=1S/C23H19NO2S/c1-2-8-22(25)24-20-11-6-7-12-21(20)27-19-15-13-18(14-16-19)23(26)17-9-4-3-5-10-17/h2-16H,1H3,(H,24,25). The second-order valence-electron chi connectivity index (χ2n) is 5.81. The first-order valence-electron chi connectivity index (χ1n) is 8.58. The van der Waals surface area contributed by atoms with Crippen LogP contribution >= 0.6 is 11.8 Å². The summed E-state index contributed by atoms with van der Waals surface area (Å²) in [6, 6.07) is 24.4. The predicted octanol–water partition coefficient (Wildman–Crippen LogP) is 5.58. The highest BCUT2D eigenvalue weighted by Crippen LogP contribution is 2.33. The van der Waals surface area contributed by atoms with Gasteiger partial charge in [0.2, 0.25) is 5.91 Å². The normalized spacial score (nSPS) is 10.7. The van der Waals surface area contributed by atoms with Crippen LogP contribution in [0.15, 0.2) is 101 Å². The molecule has 3 nitrogen and oxygen atoms in total. The Morgan fingerprint density at radius 3 is 2.15 bits per heavy atom. The van der Waals surface area contributed by atoms with Crippen LogP contribution in [-0.2, 0) is 4.79 Å². The molecule has 0 unspecified atom stereocenters. The summed E-state index contributed by atoms with van der Waals surface area (Å²) in [6.07, 6.45) is 3.19. The first-order valence-corrected chi connectivity index (χ1v) is 9.39. The van der Waals surface area contributed by atoms with Crippen molar-refractivity contribution < 1.29 is 9.59 Å². The Morgan fingerprint density at radius 1 is 0.815 bits per heavy atom. The van der Waals surface area contributed by atoms with Crippen molar-refractivity contribution in [1.82, 2.24) is 0 Å². The van der Waals surface area contributed by atoms with Crippen molar-refractivity contribution in [1.29, 1.82) is 0 Å². The maximum atomic E-state index is 12.5. The Balaban J connectivity index is 1.76. The quantitative estimate of drug-likeness (QED) is 0.453. The van der Waals surface area contributed by atoms with Gasteiger partial charge in [0, 0.05) is 20.9 Å². The number of carbonyl (C=O) groups is 2. The van der Waals surface area contributed by atoms with Crippen molar-refractivity contribution in [2.45, 2.75) is 16.7 Å². The van der Waals surface area contributed by atoms with Crippen LogP contribution in [0.3, 0.4) is 0 Å². The molecular formula is C23H19NO2S. The molecule has 0 saturated carbocycles. The molecule has 0 aliphatic rings. The summed E-state index contributed by atoms with van der Waals surface area (Å²) in [5, 5.41) is 2.88. The number of hydrogen-bond acceptors (Lipinski definition) is 3. The van der Waals surface area contributed by atoms with E-state index in [0.717, 1.165) is 15.5 Å². The number of nitrogens with one attached hydrogen (secondary N) is 1. The fourth-order valence-electron chi connectivity index (χ4n) is 2.54. The number of ketones is 1. The average Bonchev–Trinajstić information content (AvgIpc) is 2.70. The second-order valence-corrected chi connectivity index (χ2v) is 6.92. The Bertz CT molecular complexity index is 963. The number of hydrogen-bond donors (Lipinski definition) is 1. The van der Waals surface area contributed by atoms with E-state index in [9.17, 15) is 9.59 Å². The van der Waals surface area contributed by atoms with Crippen LogP contribution in [0.4, 0.5) is 5.69 Å². The van der Waals surface area contributed by atoms with E-state index in [4.69, 9.17) is 0 Å². The van der Waals surface area contributed by atoms with Crippen LogP contribution in [0.1, 0.15) is 22.8 Å². The molecule has 27 heavy (non-hydrogen) atoms. The Kier molecular flexibility index (Phi) is 6.23. The van der Waals surface area contributed by atoms with E-state index in [2.05, 4.69) is 5.32 Å². The third kappa shape index (κ3) is 4.96. The maximum absolute atomic E-state index is 12.5. The predicted molar refractivity (Wildman–Crippen MR) is 110 cm³/mol. The van der Waals surface area contributed by atoms with Gasteiger partial charge in [0.25, 0.3) is 0 Å². The van der Waals surface area contributed by atoms with Gasteiger partial charge in [-0.1, -0.05) is 60.3 Å². The van der Waals surface area contributed by atoms with Gasteiger partial charge in [0.15, 0.2) is 5.78 Å². The van der Waals surface area contributed by atoms with Gasteiger partial charge in [-0.25, -0.2) is 0 Å². The smallest absolute Gasteiger partial charge is 0.248 e. The van der Waals surface area contributed by atoms with Gasteiger partial charge >= 0.3 is 0 Å². The molecule has 134 valence electrons. The topological polar surface area (TPSA) is 46.2 Å². The molecule has 0 fully saturated rings. The monoisotopic (exact) mass is 373 g/mol. The minimum absolute atomic E-state index is 0.00571. The van der Waals surface area contributed by atoms with Crippen LogP contribution in [0.25, 0.3) is 0 Å². The molecule has 0 aromatic heterocycles. The zero-order chi connectivity index (χ0) is 19.1.